The zero-order chi connectivity index (χ0) is 11.3. The van der Waals surface area contributed by atoms with Gasteiger partial charge in [0, 0.05) is 13.6 Å². The number of nitrogens with one attached hydrogen (secondary N) is 2. The van der Waals surface area contributed by atoms with Crippen molar-refractivity contribution in [2.75, 3.05) is 27.2 Å². The van der Waals surface area contributed by atoms with Crippen LogP contribution in [0, 0.1) is 0 Å². The van der Waals surface area contributed by atoms with Crippen molar-refractivity contribution < 1.29 is 8.42 Å². The Bertz CT molecular complexity index is 373. The summed E-state index contributed by atoms with van der Waals surface area (Å²) in [4.78, 5) is 0. The Morgan fingerprint density at radius 3 is 2.87 bits per heavy atom. The molecule has 15 heavy (non-hydrogen) atoms. The van der Waals surface area contributed by atoms with Gasteiger partial charge in [-0.05, 0) is 26.1 Å². The fourth-order valence-electron chi connectivity index (χ4n) is 1.15. The molecule has 0 aliphatic heterocycles. The molecule has 6 nitrogen and oxygen atoms in total. The van der Waals surface area contributed by atoms with Crippen molar-refractivity contribution in [3.8, 4) is 0 Å². The molecule has 0 amide bonds. The first-order chi connectivity index (χ1) is 7.09. The highest BCUT2D eigenvalue weighted by molar-refractivity contribution is 7.89. The van der Waals surface area contributed by atoms with Crippen molar-refractivity contribution >= 4 is 10.0 Å². The number of nitrogens with zero attached hydrogens (tertiary/aromatic N) is 2. The molecule has 1 rings (SSSR count). The van der Waals surface area contributed by atoms with Crippen LogP contribution in [0.15, 0.2) is 17.3 Å². The molecule has 0 aromatic carbocycles. The zero-order valence-electron chi connectivity index (χ0n) is 8.90. The molecule has 0 bridgehead atoms. The lowest BCUT2D eigenvalue weighted by Crippen LogP contribution is -2.29. The van der Waals surface area contributed by atoms with Crippen molar-refractivity contribution in [1.29, 1.82) is 0 Å². The van der Waals surface area contributed by atoms with Crippen LogP contribution in [0.25, 0.3) is 0 Å². The van der Waals surface area contributed by atoms with Gasteiger partial charge in [-0.1, -0.05) is 0 Å². The summed E-state index contributed by atoms with van der Waals surface area (Å²) in [6, 6.07) is 1.45. The van der Waals surface area contributed by atoms with E-state index in [4.69, 9.17) is 0 Å². The van der Waals surface area contributed by atoms with Gasteiger partial charge in [0.2, 0.25) is 0 Å². The van der Waals surface area contributed by atoms with Crippen LogP contribution in [-0.4, -0.2) is 50.1 Å². The Morgan fingerprint density at radius 1 is 1.60 bits per heavy atom. The second kappa shape index (κ2) is 5.24. The van der Waals surface area contributed by atoms with Crippen LogP contribution in [-0.2, 0) is 10.0 Å². The zero-order valence-corrected chi connectivity index (χ0v) is 9.71. The molecule has 0 radical (unpaired) electrons. The summed E-state index contributed by atoms with van der Waals surface area (Å²) in [5, 5.41) is 9.18. The Morgan fingerprint density at radius 2 is 2.33 bits per heavy atom. The van der Waals surface area contributed by atoms with Gasteiger partial charge in [-0.3, -0.25) is 5.10 Å². The number of aromatic nitrogens is 2. The van der Waals surface area contributed by atoms with E-state index in [1.54, 1.807) is 7.05 Å². The van der Waals surface area contributed by atoms with Crippen LogP contribution in [0.3, 0.4) is 0 Å². The fourth-order valence-corrected chi connectivity index (χ4v) is 2.26. The van der Waals surface area contributed by atoms with Crippen molar-refractivity contribution in [1.82, 2.24) is 19.8 Å². The number of H-pyrrole nitrogens is 1. The van der Waals surface area contributed by atoms with Gasteiger partial charge >= 0.3 is 0 Å². The first-order valence-corrected chi connectivity index (χ1v) is 6.13. The Hall–Kier alpha value is -0.920. The van der Waals surface area contributed by atoms with Gasteiger partial charge in [-0.2, -0.15) is 9.40 Å². The summed E-state index contributed by atoms with van der Waals surface area (Å²) in [5.74, 6) is 0. The van der Waals surface area contributed by atoms with Crippen LogP contribution in [0.4, 0.5) is 0 Å². The third-order valence-corrected chi connectivity index (χ3v) is 3.85. The van der Waals surface area contributed by atoms with Gasteiger partial charge < -0.3 is 5.32 Å². The van der Waals surface area contributed by atoms with E-state index in [-0.39, 0.29) is 5.03 Å². The summed E-state index contributed by atoms with van der Waals surface area (Å²) < 4.78 is 25.0. The minimum atomic E-state index is -3.39. The maximum Gasteiger partial charge on any atom is 0.259 e. The van der Waals surface area contributed by atoms with E-state index < -0.39 is 10.0 Å². The minimum Gasteiger partial charge on any atom is -0.320 e. The van der Waals surface area contributed by atoms with Crippen LogP contribution < -0.4 is 5.32 Å². The summed E-state index contributed by atoms with van der Waals surface area (Å²) in [6.45, 7) is 1.28. The first-order valence-electron chi connectivity index (χ1n) is 4.69. The highest BCUT2D eigenvalue weighted by Crippen LogP contribution is 2.09. The smallest absolute Gasteiger partial charge is 0.259 e. The van der Waals surface area contributed by atoms with Crippen LogP contribution in [0.1, 0.15) is 6.42 Å². The van der Waals surface area contributed by atoms with E-state index in [9.17, 15) is 8.42 Å². The van der Waals surface area contributed by atoms with Gasteiger partial charge in [-0.25, -0.2) is 8.42 Å². The van der Waals surface area contributed by atoms with Gasteiger partial charge in [0.1, 0.15) is 0 Å². The molecule has 0 unspecified atom stereocenters. The molecule has 1 aromatic rings. The average molecular weight is 232 g/mol. The van der Waals surface area contributed by atoms with E-state index >= 15 is 0 Å². The maximum atomic E-state index is 11.8. The summed E-state index contributed by atoms with van der Waals surface area (Å²) >= 11 is 0. The van der Waals surface area contributed by atoms with Crippen molar-refractivity contribution in [2.24, 2.45) is 0 Å². The molecule has 0 aliphatic carbocycles. The summed E-state index contributed by atoms with van der Waals surface area (Å²) in [5.41, 5.74) is 0. The van der Waals surface area contributed by atoms with Crippen LogP contribution in [0.2, 0.25) is 0 Å². The molecule has 86 valence electrons. The van der Waals surface area contributed by atoms with Crippen LogP contribution in [0.5, 0.6) is 0 Å². The molecular formula is C8H16N4O2S. The Kier molecular flexibility index (Phi) is 4.25. The number of sulfonamides is 1. The highest BCUT2D eigenvalue weighted by atomic mass is 32.2. The first kappa shape index (κ1) is 12.2. The highest BCUT2D eigenvalue weighted by Gasteiger charge is 2.21. The van der Waals surface area contributed by atoms with Gasteiger partial charge in [-0.15, -0.1) is 0 Å². The molecule has 0 saturated carbocycles. The van der Waals surface area contributed by atoms with Crippen molar-refractivity contribution in [3.63, 3.8) is 0 Å². The predicted molar refractivity (Wildman–Crippen MR) is 56.9 cm³/mol. The molecule has 1 aromatic heterocycles. The lowest BCUT2D eigenvalue weighted by Gasteiger charge is -2.15. The molecule has 7 heteroatoms. The topological polar surface area (TPSA) is 78.1 Å². The molecule has 2 N–H and O–H groups in total. The van der Waals surface area contributed by atoms with Crippen molar-refractivity contribution in [2.45, 2.75) is 11.4 Å². The second-order valence-corrected chi connectivity index (χ2v) is 5.22. The lowest BCUT2D eigenvalue weighted by atomic mass is 10.4. The molecule has 0 aliphatic rings. The van der Waals surface area contributed by atoms with Crippen LogP contribution >= 0.6 is 0 Å². The quantitative estimate of drug-likeness (QED) is 0.657. The van der Waals surface area contributed by atoms with Crippen molar-refractivity contribution in [3.05, 3.63) is 12.3 Å². The second-order valence-electron chi connectivity index (χ2n) is 3.20. The predicted octanol–water partition coefficient (Wildman–Crippen LogP) is -0.360. The maximum absolute atomic E-state index is 11.8. The molecule has 0 spiro atoms. The molecular weight excluding hydrogens is 216 g/mol. The standard InChI is InChI=1S/C8H16N4O2S/c1-9-5-3-7-12(2)15(13,14)8-4-6-10-11-8/h4,6,9H,3,5,7H2,1-2H3,(H,10,11). The van der Waals surface area contributed by atoms with Gasteiger partial charge in [0.05, 0.1) is 6.20 Å². The summed E-state index contributed by atoms with van der Waals surface area (Å²) in [6.07, 6.45) is 2.20. The number of aromatic amines is 1. The normalized spacial score (nSPS) is 12.2. The number of hydrogen-bond acceptors (Lipinski definition) is 4. The molecule has 0 atom stereocenters. The van der Waals surface area contributed by atoms with E-state index in [1.165, 1.54) is 16.6 Å². The third kappa shape index (κ3) is 3.01. The van der Waals surface area contributed by atoms with E-state index in [0.29, 0.717) is 6.54 Å². The monoisotopic (exact) mass is 232 g/mol. The fraction of sp³-hybridized carbons (Fsp3) is 0.625. The van der Waals surface area contributed by atoms with Gasteiger partial charge in [0.25, 0.3) is 10.0 Å². The minimum absolute atomic E-state index is 0.134. The number of hydrogen-bond donors (Lipinski definition) is 2. The molecule has 1 heterocycles. The SMILES string of the molecule is CNCCCN(C)S(=O)(=O)c1ccn[nH]1. The lowest BCUT2D eigenvalue weighted by molar-refractivity contribution is 0.455. The van der Waals surface area contributed by atoms with E-state index in [0.717, 1.165) is 13.0 Å². The summed E-state index contributed by atoms with van der Waals surface area (Å²) in [7, 11) is 0.00943. The van der Waals surface area contributed by atoms with E-state index in [1.807, 2.05) is 7.05 Å². The third-order valence-electron chi connectivity index (χ3n) is 2.06. The number of rotatable bonds is 6. The molecule has 0 saturated heterocycles. The van der Waals surface area contributed by atoms with Gasteiger partial charge in [0.15, 0.2) is 5.03 Å². The van der Waals surface area contributed by atoms with E-state index in [2.05, 4.69) is 15.5 Å². The largest absolute Gasteiger partial charge is 0.320 e. The Balaban J connectivity index is 2.62. The Labute approximate surface area is 89.7 Å². The average Bonchev–Trinajstić information content (AvgIpc) is 2.71. The molecule has 0 fully saturated rings.